The fourth-order valence-corrected chi connectivity index (χ4v) is 3.19. The molecule has 2 aromatic rings. The first-order valence-electron chi connectivity index (χ1n) is 6.94. The molecule has 3 rings (SSSR count). The van der Waals surface area contributed by atoms with Crippen molar-refractivity contribution in [1.29, 1.82) is 0 Å². The predicted molar refractivity (Wildman–Crippen MR) is 75.7 cm³/mol. The molecule has 18 heavy (non-hydrogen) atoms. The largest absolute Gasteiger partial charge is 0.382 e. The number of hydrogen-bond acceptors (Lipinski definition) is 2. The minimum atomic E-state index is 0.596. The zero-order valence-corrected chi connectivity index (χ0v) is 11.1. The summed E-state index contributed by atoms with van der Waals surface area (Å²) in [6.07, 6.45) is 5.92. The molecule has 2 N–H and O–H groups in total. The van der Waals surface area contributed by atoms with Gasteiger partial charge in [-0.05, 0) is 42.9 Å². The molecular weight excluding hydrogens is 222 g/mol. The summed E-state index contributed by atoms with van der Waals surface area (Å²) in [4.78, 5) is 0. The van der Waals surface area contributed by atoms with Gasteiger partial charge in [0.1, 0.15) is 0 Å². The van der Waals surface area contributed by atoms with Gasteiger partial charge in [-0.15, -0.1) is 0 Å². The number of nitrogens with one attached hydrogen (secondary N) is 2. The van der Waals surface area contributed by atoms with Gasteiger partial charge in [0.2, 0.25) is 0 Å². The molecule has 0 saturated heterocycles. The van der Waals surface area contributed by atoms with Gasteiger partial charge < -0.3 is 5.32 Å². The van der Waals surface area contributed by atoms with Crippen molar-refractivity contribution in [2.75, 3.05) is 5.32 Å². The molecule has 2 unspecified atom stereocenters. The Labute approximate surface area is 108 Å². The van der Waals surface area contributed by atoms with Crippen molar-refractivity contribution < 1.29 is 0 Å². The van der Waals surface area contributed by atoms with Crippen LogP contribution in [-0.4, -0.2) is 16.2 Å². The Balaban J connectivity index is 1.81. The molecule has 0 spiro atoms. The fourth-order valence-electron chi connectivity index (χ4n) is 3.19. The van der Waals surface area contributed by atoms with Gasteiger partial charge >= 0.3 is 0 Å². The van der Waals surface area contributed by atoms with E-state index in [0.717, 1.165) is 17.4 Å². The number of benzene rings is 1. The van der Waals surface area contributed by atoms with E-state index in [2.05, 4.69) is 47.6 Å². The van der Waals surface area contributed by atoms with Crippen molar-refractivity contribution in [3.63, 3.8) is 0 Å². The maximum absolute atomic E-state index is 4.07. The summed E-state index contributed by atoms with van der Waals surface area (Å²) >= 11 is 0. The van der Waals surface area contributed by atoms with Crippen LogP contribution in [0.3, 0.4) is 0 Å². The van der Waals surface area contributed by atoms with Crippen LogP contribution in [0.5, 0.6) is 0 Å². The standard InChI is InChI=1S/C15H21N3/c1-10-4-3-5-11(2)15(10)17-13-7-6-12-9-16-18-14(12)8-13/h6-11,15,17H,3-5H2,1-2H3,(H,16,18). The number of rotatable bonds is 2. The molecule has 1 aliphatic rings. The van der Waals surface area contributed by atoms with Crippen molar-refractivity contribution in [3.8, 4) is 0 Å². The van der Waals surface area contributed by atoms with Gasteiger partial charge in [0, 0.05) is 17.1 Å². The Kier molecular flexibility index (Phi) is 2.98. The summed E-state index contributed by atoms with van der Waals surface area (Å²) in [5, 5.41) is 12.0. The molecule has 1 heterocycles. The van der Waals surface area contributed by atoms with E-state index >= 15 is 0 Å². The molecule has 1 aliphatic carbocycles. The van der Waals surface area contributed by atoms with E-state index in [9.17, 15) is 0 Å². The van der Waals surface area contributed by atoms with Crippen molar-refractivity contribution in [2.45, 2.75) is 39.2 Å². The lowest BCUT2D eigenvalue weighted by Crippen LogP contribution is -2.37. The average Bonchev–Trinajstić information content (AvgIpc) is 2.81. The second-order valence-corrected chi connectivity index (χ2v) is 5.73. The highest BCUT2D eigenvalue weighted by molar-refractivity contribution is 5.81. The van der Waals surface area contributed by atoms with E-state index in [4.69, 9.17) is 0 Å². The minimum absolute atomic E-state index is 0.596. The third-order valence-corrected chi connectivity index (χ3v) is 4.32. The van der Waals surface area contributed by atoms with E-state index in [-0.39, 0.29) is 0 Å². The van der Waals surface area contributed by atoms with E-state index in [0.29, 0.717) is 6.04 Å². The summed E-state index contributed by atoms with van der Waals surface area (Å²) < 4.78 is 0. The topological polar surface area (TPSA) is 40.7 Å². The summed E-state index contributed by atoms with van der Waals surface area (Å²) in [6.45, 7) is 4.73. The Morgan fingerprint density at radius 1 is 1.22 bits per heavy atom. The molecule has 0 aliphatic heterocycles. The van der Waals surface area contributed by atoms with Crippen LogP contribution in [0.25, 0.3) is 10.9 Å². The lowest BCUT2D eigenvalue weighted by atomic mass is 9.78. The van der Waals surface area contributed by atoms with Gasteiger partial charge in [-0.1, -0.05) is 20.3 Å². The van der Waals surface area contributed by atoms with Gasteiger partial charge in [-0.3, -0.25) is 5.10 Å². The van der Waals surface area contributed by atoms with E-state index in [1.165, 1.54) is 30.3 Å². The maximum Gasteiger partial charge on any atom is 0.0670 e. The van der Waals surface area contributed by atoms with Gasteiger partial charge in [0.25, 0.3) is 0 Å². The summed E-state index contributed by atoms with van der Waals surface area (Å²) in [6, 6.07) is 7.04. The third kappa shape index (κ3) is 2.09. The quantitative estimate of drug-likeness (QED) is 0.842. The zero-order chi connectivity index (χ0) is 12.5. The van der Waals surface area contributed by atoms with Crippen molar-refractivity contribution in [3.05, 3.63) is 24.4 Å². The highest BCUT2D eigenvalue weighted by Gasteiger charge is 2.27. The van der Waals surface area contributed by atoms with Crippen molar-refractivity contribution in [2.24, 2.45) is 11.8 Å². The van der Waals surface area contributed by atoms with Crippen LogP contribution in [0.15, 0.2) is 24.4 Å². The van der Waals surface area contributed by atoms with E-state index in [1.54, 1.807) is 0 Å². The van der Waals surface area contributed by atoms with Gasteiger partial charge in [0.15, 0.2) is 0 Å². The number of hydrogen-bond donors (Lipinski definition) is 2. The SMILES string of the molecule is CC1CCCC(C)C1Nc1ccc2cn[nH]c2c1. The molecule has 2 atom stereocenters. The number of H-pyrrole nitrogens is 1. The molecule has 3 heteroatoms. The maximum atomic E-state index is 4.07. The molecule has 0 bridgehead atoms. The third-order valence-electron chi connectivity index (χ3n) is 4.32. The molecule has 0 radical (unpaired) electrons. The van der Waals surface area contributed by atoms with E-state index < -0.39 is 0 Å². The van der Waals surface area contributed by atoms with Crippen molar-refractivity contribution in [1.82, 2.24) is 10.2 Å². The van der Waals surface area contributed by atoms with Gasteiger partial charge in [-0.2, -0.15) is 5.10 Å². The molecule has 1 aromatic heterocycles. The molecule has 1 saturated carbocycles. The normalized spacial score (nSPS) is 28.4. The Hall–Kier alpha value is -1.51. The zero-order valence-electron chi connectivity index (χ0n) is 11.1. The first kappa shape index (κ1) is 11.6. The highest BCUT2D eigenvalue weighted by atomic mass is 15.1. The second kappa shape index (κ2) is 4.63. The van der Waals surface area contributed by atoms with Crippen LogP contribution >= 0.6 is 0 Å². The van der Waals surface area contributed by atoms with E-state index in [1.807, 2.05) is 6.20 Å². The number of aromatic amines is 1. The van der Waals surface area contributed by atoms with Crippen molar-refractivity contribution >= 4 is 16.6 Å². The number of anilines is 1. The number of fused-ring (bicyclic) bond motifs is 1. The lowest BCUT2D eigenvalue weighted by molar-refractivity contribution is 0.268. The monoisotopic (exact) mass is 243 g/mol. The average molecular weight is 243 g/mol. The molecule has 1 fully saturated rings. The van der Waals surface area contributed by atoms with Gasteiger partial charge in [-0.25, -0.2) is 0 Å². The van der Waals surface area contributed by atoms with Crippen LogP contribution in [0, 0.1) is 11.8 Å². The van der Waals surface area contributed by atoms with Gasteiger partial charge in [0.05, 0.1) is 11.7 Å². The summed E-state index contributed by atoms with van der Waals surface area (Å²) in [5.74, 6) is 1.51. The highest BCUT2D eigenvalue weighted by Crippen LogP contribution is 2.31. The first-order chi connectivity index (χ1) is 8.74. The number of aromatic nitrogens is 2. The molecule has 3 nitrogen and oxygen atoms in total. The van der Waals surface area contributed by atoms with Crippen LogP contribution in [0.2, 0.25) is 0 Å². The Morgan fingerprint density at radius 3 is 2.78 bits per heavy atom. The second-order valence-electron chi connectivity index (χ2n) is 5.73. The lowest BCUT2D eigenvalue weighted by Gasteiger charge is -2.35. The minimum Gasteiger partial charge on any atom is -0.382 e. The molecule has 96 valence electrons. The Morgan fingerprint density at radius 2 is 2.00 bits per heavy atom. The fraction of sp³-hybridized carbons (Fsp3) is 0.533. The number of nitrogens with zero attached hydrogens (tertiary/aromatic N) is 1. The molecule has 0 amide bonds. The van der Waals surface area contributed by atoms with Crippen LogP contribution in [0.1, 0.15) is 33.1 Å². The van der Waals surface area contributed by atoms with Crippen LogP contribution < -0.4 is 5.32 Å². The molecular formula is C15H21N3. The van der Waals surface area contributed by atoms with Crippen LogP contribution in [0.4, 0.5) is 5.69 Å². The van der Waals surface area contributed by atoms with Crippen LogP contribution in [-0.2, 0) is 0 Å². The smallest absolute Gasteiger partial charge is 0.0670 e. The summed E-state index contributed by atoms with van der Waals surface area (Å²) in [7, 11) is 0. The summed E-state index contributed by atoms with van der Waals surface area (Å²) in [5.41, 5.74) is 2.31. The molecule has 1 aromatic carbocycles. The predicted octanol–water partition coefficient (Wildman–Crippen LogP) is 3.80. The first-order valence-corrected chi connectivity index (χ1v) is 6.94. The Bertz CT molecular complexity index is 521.